The highest BCUT2D eigenvalue weighted by Crippen LogP contribution is 2.29. The monoisotopic (exact) mass is 271 g/mol. The highest BCUT2D eigenvalue weighted by Gasteiger charge is 2.22. The maximum Gasteiger partial charge on any atom is 0.182 e. The van der Waals surface area contributed by atoms with E-state index >= 15 is 0 Å². The summed E-state index contributed by atoms with van der Waals surface area (Å²) in [6.45, 7) is 6.05. The molecule has 0 aliphatic heterocycles. The molecule has 1 aromatic carbocycles. The van der Waals surface area contributed by atoms with E-state index in [0.717, 1.165) is 0 Å². The van der Waals surface area contributed by atoms with Crippen molar-refractivity contribution in [3.63, 3.8) is 0 Å². The predicted molar refractivity (Wildman–Crippen MR) is 73.5 cm³/mol. The minimum Gasteiger partial charge on any atom is -0.495 e. The molecule has 0 fully saturated rings. The van der Waals surface area contributed by atoms with Crippen molar-refractivity contribution in [2.45, 2.75) is 32.1 Å². The van der Waals surface area contributed by atoms with Gasteiger partial charge in [0.1, 0.15) is 10.6 Å². The van der Waals surface area contributed by atoms with E-state index < -0.39 is 9.84 Å². The van der Waals surface area contributed by atoms with Crippen molar-refractivity contribution in [1.29, 1.82) is 0 Å². The van der Waals surface area contributed by atoms with Gasteiger partial charge < -0.3 is 10.5 Å². The van der Waals surface area contributed by atoms with Gasteiger partial charge in [-0.1, -0.05) is 20.8 Å². The number of hydrogen-bond donors (Lipinski definition) is 1. The molecule has 5 heteroatoms. The fraction of sp³-hybridized carbons (Fsp3) is 0.538. The summed E-state index contributed by atoms with van der Waals surface area (Å²) in [5.41, 5.74) is 6.08. The van der Waals surface area contributed by atoms with Crippen LogP contribution in [0.25, 0.3) is 0 Å². The zero-order chi connectivity index (χ0) is 14.0. The van der Waals surface area contributed by atoms with Crippen molar-refractivity contribution in [1.82, 2.24) is 0 Å². The van der Waals surface area contributed by atoms with Gasteiger partial charge in [0.15, 0.2) is 9.84 Å². The van der Waals surface area contributed by atoms with Gasteiger partial charge in [-0.2, -0.15) is 0 Å². The average Bonchev–Trinajstić information content (AvgIpc) is 2.25. The first-order valence-corrected chi connectivity index (χ1v) is 7.47. The summed E-state index contributed by atoms with van der Waals surface area (Å²) in [7, 11) is -1.89. The largest absolute Gasteiger partial charge is 0.495 e. The van der Waals surface area contributed by atoms with Crippen molar-refractivity contribution in [2.24, 2.45) is 5.41 Å². The Bertz CT molecular complexity index is 516. The molecule has 0 heterocycles. The number of methoxy groups -OCH3 is 1. The highest BCUT2D eigenvalue weighted by molar-refractivity contribution is 7.91. The molecule has 1 rings (SSSR count). The highest BCUT2D eigenvalue weighted by atomic mass is 32.2. The topological polar surface area (TPSA) is 69.4 Å². The minimum atomic E-state index is -3.33. The Morgan fingerprint density at radius 2 is 1.89 bits per heavy atom. The second-order valence-electron chi connectivity index (χ2n) is 5.54. The van der Waals surface area contributed by atoms with E-state index in [1.165, 1.54) is 19.2 Å². The van der Waals surface area contributed by atoms with Crippen LogP contribution in [-0.4, -0.2) is 21.3 Å². The van der Waals surface area contributed by atoms with E-state index in [1.807, 2.05) is 20.8 Å². The van der Waals surface area contributed by atoms with Gasteiger partial charge in [-0.3, -0.25) is 0 Å². The van der Waals surface area contributed by atoms with Crippen molar-refractivity contribution in [3.05, 3.63) is 18.2 Å². The Hall–Kier alpha value is -1.23. The average molecular weight is 271 g/mol. The van der Waals surface area contributed by atoms with Gasteiger partial charge in [0.05, 0.1) is 12.9 Å². The van der Waals surface area contributed by atoms with Crippen molar-refractivity contribution < 1.29 is 13.2 Å². The zero-order valence-electron chi connectivity index (χ0n) is 11.4. The lowest BCUT2D eigenvalue weighted by molar-refractivity contribution is 0.393. The molecule has 18 heavy (non-hydrogen) atoms. The lowest BCUT2D eigenvalue weighted by Gasteiger charge is -2.18. The standard InChI is InChI=1S/C13H21NO3S/c1-13(2,3)7-8-18(15,16)12-6-5-10(14)9-11(12)17-4/h5-6,9H,7-8,14H2,1-4H3. The third kappa shape index (κ3) is 3.91. The van der Waals surface area contributed by atoms with Crippen molar-refractivity contribution >= 4 is 15.5 Å². The summed E-state index contributed by atoms with van der Waals surface area (Å²) < 4.78 is 29.6. The van der Waals surface area contributed by atoms with Crippen LogP contribution in [0.4, 0.5) is 5.69 Å². The first-order valence-electron chi connectivity index (χ1n) is 5.82. The molecule has 0 saturated heterocycles. The number of sulfone groups is 1. The van der Waals surface area contributed by atoms with Crippen LogP contribution < -0.4 is 10.5 Å². The van der Waals surface area contributed by atoms with Gasteiger partial charge in [-0.15, -0.1) is 0 Å². The molecule has 0 spiro atoms. The van der Waals surface area contributed by atoms with Crippen molar-refractivity contribution in [3.8, 4) is 5.75 Å². The Morgan fingerprint density at radius 3 is 2.39 bits per heavy atom. The van der Waals surface area contributed by atoms with Crippen LogP contribution in [0, 0.1) is 5.41 Å². The molecule has 0 radical (unpaired) electrons. The number of nitrogens with two attached hydrogens (primary N) is 1. The van der Waals surface area contributed by atoms with Gasteiger partial charge >= 0.3 is 0 Å². The lowest BCUT2D eigenvalue weighted by Crippen LogP contribution is -2.15. The van der Waals surface area contributed by atoms with Crippen LogP contribution >= 0.6 is 0 Å². The number of benzene rings is 1. The predicted octanol–water partition coefficient (Wildman–Crippen LogP) is 2.49. The summed E-state index contributed by atoms with van der Waals surface area (Å²) in [6, 6.07) is 4.61. The first kappa shape index (κ1) is 14.8. The first-order chi connectivity index (χ1) is 8.15. The Labute approximate surface area is 109 Å². The summed E-state index contributed by atoms with van der Waals surface area (Å²) in [5, 5.41) is 0. The van der Waals surface area contributed by atoms with E-state index in [4.69, 9.17) is 10.5 Å². The van der Waals surface area contributed by atoms with Gasteiger partial charge in [-0.25, -0.2) is 8.42 Å². The summed E-state index contributed by atoms with van der Waals surface area (Å²) in [5.74, 6) is 0.417. The normalized spacial score (nSPS) is 12.4. The SMILES string of the molecule is COc1cc(N)ccc1S(=O)(=O)CCC(C)(C)C. The van der Waals surface area contributed by atoms with Crippen LogP contribution in [-0.2, 0) is 9.84 Å². The minimum absolute atomic E-state index is 0.0197. The zero-order valence-corrected chi connectivity index (χ0v) is 12.2. The molecule has 102 valence electrons. The second kappa shape index (κ2) is 5.18. The number of hydrogen-bond acceptors (Lipinski definition) is 4. The maximum atomic E-state index is 12.2. The molecule has 0 aromatic heterocycles. The molecule has 0 aliphatic carbocycles. The number of rotatable bonds is 4. The Kier molecular flexibility index (Phi) is 4.27. The van der Waals surface area contributed by atoms with E-state index in [9.17, 15) is 8.42 Å². The van der Waals surface area contributed by atoms with Crippen LogP contribution in [0.1, 0.15) is 27.2 Å². The van der Waals surface area contributed by atoms with E-state index in [2.05, 4.69) is 0 Å². The molecule has 0 amide bonds. The van der Waals surface area contributed by atoms with E-state index in [1.54, 1.807) is 6.07 Å². The molecule has 0 saturated carbocycles. The van der Waals surface area contributed by atoms with Gasteiger partial charge in [0.25, 0.3) is 0 Å². The van der Waals surface area contributed by atoms with E-state index in [-0.39, 0.29) is 16.1 Å². The molecule has 0 aliphatic rings. The van der Waals surface area contributed by atoms with Crippen LogP contribution in [0.5, 0.6) is 5.75 Å². The molecule has 1 aromatic rings. The third-order valence-electron chi connectivity index (χ3n) is 2.64. The molecule has 0 unspecified atom stereocenters. The lowest BCUT2D eigenvalue weighted by atomic mass is 9.94. The molecule has 0 bridgehead atoms. The summed E-state index contributed by atoms with van der Waals surface area (Å²) in [4.78, 5) is 0.212. The third-order valence-corrected chi connectivity index (χ3v) is 4.39. The van der Waals surface area contributed by atoms with Crippen LogP contribution in [0.3, 0.4) is 0 Å². The van der Waals surface area contributed by atoms with Crippen molar-refractivity contribution in [2.75, 3.05) is 18.6 Å². The fourth-order valence-corrected chi connectivity index (χ4v) is 3.32. The summed E-state index contributed by atoms with van der Waals surface area (Å²) in [6.07, 6.45) is 0.600. The molecular formula is C13H21NO3S. The second-order valence-corrected chi connectivity index (χ2v) is 7.62. The van der Waals surface area contributed by atoms with Gasteiger partial charge in [0, 0.05) is 11.8 Å². The number of nitrogen functional groups attached to an aromatic ring is 1. The summed E-state index contributed by atoms with van der Waals surface area (Å²) >= 11 is 0. The molecule has 4 nitrogen and oxygen atoms in total. The fourth-order valence-electron chi connectivity index (χ4n) is 1.49. The van der Waals surface area contributed by atoms with Crippen LogP contribution in [0.2, 0.25) is 0 Å². The smallest absolute Gasteiger partial charge is 0.182 e. The van der Waals surface area contributed by atoms with Crippen LogP contribution in [0.15, 0.2) is 23.1 Å². The van der Waals surface area contributed by atoms with Gasteiger partial charge in [-0.05, 0) is 24.0 Å². The van der Waals surface area contributed by atoms with E-state index in [0.29, 0.717) is 17.9 Å². The maximum absolute atomic E-state index is 12.2. The quantitative estimate of drug-likeness (QED) is 0.854. The number of ether oxygens (including phenoxy) is 1. The molecule has 0 atom stereocenters. The number of anilines is 1. The molecule has 2 N–H and O–H groups in total. The Balaban J connectivity index is 3.05. The molecular weight excluding hydrogens is 250 g/mol. The Morgan fingerprint density at radius 1 is 1.28 bits per heavy atom. The van der Waals surface area contributed by atoms with Gasteiger partial charge in [0.2, 0.25) is 0 Å².